The maximum absolute atomic E-state index is 12.9. The van der Waals surface area contributed by atoms with Gasteiger partial charge >= 0.3 is 0 Å². The van der Waals surface area contributed by atoms with Crippen LogP contribution in [0.3, 0.4) is 0 Å². The van der Waals surface area contributed by atoms with Crippen molar-refractivity contribution < 1.29 is 4.79 Å². The predicted octanol–water partition coefficient (Wildman–Crippen LogP) is 3.10. The molecule has 1 aliphatic rings. The van der Waals surface area contributed by atoms with Crippen molar-refractivity contribution in [3.63, 3.8) is 0 Å². The van der Waals surface area contributed by atoms with Crippen molar-refractivity contribution in [2.75, 3.05) is 11.4 Å². The van der Waals surface area contributed by atoms with Gasteiger partial charge in [-0.05, 0) is 30.7 Å². The Morgan fingerprint density at radius 2 is 1.79 bits per heavy atom. The molecule has 2 aromatic carbocycles. The largest absolute Gasteiger partial charge is 0.278 e. The van der Waals surface area contributed by atoms with E-state index in [1.807, 2.05) is 12.1 Å². The van der Waals surface area contributed by atoms with Crippen LogP contribution in [-0.4, -0.2) is 22.0 Å². The summed E-state index contributed by atoms with van der Waals surface area (Å²) in [6.07, 6.45) is 0.698. The minimum atomic E-state index is -0.240. The summed E-state index contributed by atoms with van der Waals surface area (Å²) in [6.45, 7) is 1.06. The highest BCUT2D eigenvalue weighted by atomic mass is 35.5. The molecule has 0 N–H and O–H groups in total. The molecular weight excluding hydrogens is 326 g/mol. The molecule has 2 heterocycles. The molecule has 0 saturated heterocycles. The van der Waals surface area contributed by atoms with E-state index >= 15 is 0 Å². The van der Waals surface area contributed by atoms with Crippen LogP contribution in [0, 0.1) is 0 Å². The van der Waals surface area contributed by atoms with Crippen molar-refractivity contribution >= 4 is 34.4 Å². The topological polar surface area (TPSA) is 55.2 Å². The molecule has 0 radical (unpaired) electrons. The summed E-state index contributed by atoms with van der Waals surface area (Å²) in [4.78, 5) is 31.7. The minimum absolute atomic E-state index is 0.118. The smallest absolute Gasteiger partial charge is 0.262 e. The molecule has 5 nitrogen and oxygen atoms in total. The summed E-state index contributed by atoms with van der Waals surface area (Å²) < 4.78 is 1.57. The molecule has 0 unspecified atom stereocenters. The minimum Gasteiger partial charge on any atom is -0.278 e. The standard InChI is InChI=1S/C18H14ClN3O2/c19-14-8-3-1-6-12(14)16(23)21-10-5-11-22-17(24)13-7-2-4-9-15(13)20-18(21)22/h1-4,6-9H,5,10-11H2. The SMILES string of the molecule is O=C(c1ccccc1Cl)N1CCCn2c1nc1ccccc1c2=O. The van der Waals surface area contributed by atoms with Crippen molar-refractivity contribution in [3.05, 3.63) is 69.5 Å². The van der Waals surface area contributed by atoms with Crippen molar-refractivity contribution in [2.45, 2.75) is 13.0 Å². The number of hydrogen-bond acceptors (Lipinski definition) is 3. The van der Waals surface area contributed by atoms with E-state index in [0.717, 1.165) is 0 Å². The Kier molecular flexibility index (Phi) is 3.58. The van der Waals surface area contributed by atoms with E-state index in [0.29, 0.717) is 46.9 Å². The average molecular weight is 340 g/mol. The van der Waals surface area contributed by atoms with Gasteiger partial charge in [0.25, 0.3) is 11.5 Å². The number of halogens is 1. The fourth-order valence-corrected chi connectivity index (χ4v) is 3.24. The van der Waals surface area contributed by atoms with E-state index in [-0.39, 0.29) is 11.5 Å². The third-order valence-electron chi connectivity index (χ3n) is 4.20. The molecule has 0 fully saturated rings. The fourth-order valence-electron chi connectivity index (χ4n) is 3.02. The summed E-state index contributed by atoms with van der Waals surface area (Å²) >= 11 is 6.16. The number of amides is 1. The van der Waals surface area contributed by atoms with E-state index in [1.165, 1.54) is 0 Å². The highest BCUT2D eigenvalue weighted by Crippen LogP contribution is 2.24. The van der Waals surface area contributed by atoms with E-state index in [2.05, 4.69) is 4.98 Å². The number of para-hydroxylation sites is 1. The first-order chi connectivity index (χ1) is 11.7. The first kappa shape index (κ1) is 14.9. The molecule has 0 saturated carbocycles. The predicted molar refractivity (Wildman–Crippen MR) is 93.7 cm³/mol. The quantitative estimate of drug-likeness (QED) is 0.684. The zero-order chi connectivity index (χ0) is 16.7. The molecule has 24 heavy (non-hydrogen) atoms. The van der Waals surface area contributed by atoms with E-state index in [4.69, 9.17) is 11.6 Å². The normalized spacial score (nSPS) is 13.8. The summed E-state index contributed by atoms with van der Waals surface area (Å²) in [5, 5.41) is 0.955. The lowest BCUT2D eigenvalue weighted by molar-refractivity contribution is 0.0980. The van der Waals surface area contributed by atoms with Crippen LogP contribution in [0.2, 0.25) is 5.02 Å². The molecule has 0 atom stereocenters. The van der Waals surface area contributed by atoms with Gasteiger partial charge in [0, 0.05) is 13.1 Å². The Balaban J connectivity index is 1.89. The summed E-state index contributed by atoms with van der Waals surface area (Å²) in [5.41, 5.74) is 0.884. The van der Waals surface area contributed by atoms with E-state index in [9.17, 15) is 9.59 Å². The highest BCUT2D eigenvalue weighted by Gasteiger charge is 2.27. The zero-order valence-corrected chi connectivity index (χ0v) is 13.5. The number of carbonyl (C=O) groups excluding carboxylic acids is 1. The molecular formula is C18H14ClN3O2. The maximum Gasteiger partial charge on any atom is 0.262 e. The second kappa shape index (κ2) is 5.76. The first-order valence-corrected chi connectivity index (χ1v) is 8.10. The number of hydrogen-bond donors (Lipinski definition) is 0. The number of carbonyl (C=O) groups is 1. The molecule has 120 valence electrons. The van der Waals surface area contributed by atoms with Gasteiger partial charge in [0.1, 0.15) is 0 Å². The van der Waals surface area contributed by atoms with Gasteiger partial charge in [-0.25, -0.2) is 4.98 Å². The Hall–Kier alpha value is -2.66. The van der Waals surface area contributed by atoms with Gasteiger partial charge in [-0.2, -0.15) is 0 Å². The van der Waals surface area contributed by atoms with Crippen LogP contribution in [0.1, 0.15) is 16.8 Å². The number of benzene rings is 2. The van der Waals surface area contributed by atoms with Crippen LogP contribution in [0.15, 0.2) is 53.3 Å². The summed E-state index contributed by atoms with van der Waals surface area (Å²) in [5.74, 6) is 0.145. The fraction of sp³-hybridized carbons (Fsp3) is 0.167. The molecule has 1 aliphatic heterocycles. The Morgan fingerprint density at radius 1 is 1.04 bits per heavy atom. The Labute approximate surface area is 143 Å². The van der Waals surface area contributed by atoms with Gasteiger partial charge in [0.05, 0.1) is 21.5 Å². The number of nitrogens with zero attached hydrogens (tertiary/aromatic N) is 3. The number of anilines is 1. The molecule has 1 aromatic heterocycles. The third-order valence-corrected chi connectivity index (χ3v) is 4.53. The Morgan fingerprint density at radius 3 is 2.62 bits per heavy atom. The molecule has 0 bridgehead atoms. The second-order valence-corrected chi connectivity index (χ2v) is 6.08. The van der Waals surface area contributed by atoms with Crippen molar-refractivity contribution in [2.24, 2.45) is 0 Å². The lowest BCUT2D eigenvalue weighted by atomic mass is 10.1. The molecule has 1 amide bonds. The average Bonchev–Trinajstić information content (AvgIpc) is 2.61. The van der Waals surface area contributed by atoms with Crippen molar-refractivity contribution in [3.8, 4) is 0 Å². The van der Waals surface area contributed by atoms with E-state index in [1.54, 1.807) is 45.9 Å². The highest BCUT2D eigenvalue weighted by molar-refractivity contribution is 6.34. The van der Waals surface area contributed by atoms with Crippen LogP contribution in [0.5, 0.6) is 0 Å². The molecule has 4 rings (SSSR count). The monoisotopic (exact) mass is 339 g/mol. The molecule has 3 aromatic rings. The van der Waals surface area contributed by atoms with Gasteiger partial charge < -0.3 is 0 Å². The summed E-state index contributed by atoms with van der Waals surface area (Å²) in [6, 6.07) is 14.1. The van der Waals surface area contributed by atoms with Crippen LogP contribution in [0.25, 0.3) is 10.9 Å². The lowest BCUT2D eigenvalue weighted by Gasteiger charge is -2.29. The van der Waals surface area contributed by atoms with Crippen LogP contribution < -0.4 is 10.5 Å². The van der Waals surface area contributed by atoms with Gasteiger partial charge in [0.15, 0.2) is 0 Å². The molecule has 0 spiro atoms. The van der Waals surface area contributed by atoms with Crippen molar-refractivity contribution in [1.82, 2.24) is 9.55 Å². The van der Waals surface area contributed by atoms with Gasteiger partial charge in [-0.1, -0.05) is 35.9 Å². The summed E-state index contributed by atoms with van der Waals surface area (Å²) in [7, 11) is 0. The first-order valence-electron chi connectivity index (χ1n) is 7.73. The van der Waals surface area contributed by atoms with Crippen molar-refractivity contribution in [1.29, 1.82) is 0 Å². The van der Waals surface area contributed by atoms with Gasteiger partial charge in [0.2, 0.25) is 5.95 Å². The Bertz CT molecular complexity index is 1010. The number of fused-ring (bicyclic) bond motifs is 2. The lowest BCUT2D eigenvalue weighted by Crippen LogP contribution is -2.42. The second-order valence-electron chi connectivity index (χ2n) is 5.68. The number of aromatic nitrogens is 2. The van der Waals surface area contributed by atoms with Crippen LogP contribution >= 0.6 is 11.6 Å². The molecule has 0 aliphatic carbocycles. The van der Waals surface area contributed by atoms with Gasteiger partial charge in [-0.15, -0.1) is 0 Å². The van der Waals surface area contributed by atoms with Crippen LogP contribution in [0.4, 0.5) is 5.95 Å². The third kappa shape index (κ3) is 2.29. The maximum atomic E-state index is 12.9. The van der Waals surface area contributed by atoms with Gasteiger partial charge in [-0.3, -0.25) is 19.1 Å². The molecule has 6 heteroatoms. The van der Waals surface area contributed by atoms with E-state index < -0.39 is 0 Å². The number of rotatable bonds is 1. The zero-order valence-electron chi connectivity index (χ0n) is 12.8. The van der Waals surface area contributed by atoms with Crippen LogP contribution in [-0.2, 0) is 6.54 Å².